The highest BCUT2D eigenvalue weighted by Crippen LogP contribution is 2.13. The van der Waals surface area contributed by atoms with E-state index < -0.39 is 0 Å². The van der Waals surface area contributed by atoms with E-state index in [-0.39, 0.29) is 5.78 Å². The number of carbonyl (C=O) groups excluding carboxylic acids is 1. The van der Waals surface area contributed by atoms with Gasteiger partial charge in [0, 0.05) is 23.1 Å². The highest BCUT2D eigenvalue weighted by atomic mass is 79.9. The Balaban J connectivity index is 1.43. The van der Waals surface area contributed by atoms with Gasteiger partial charge in [-0.2, -0.15) is 0 Å². The quantitative estimate of drug-likeness (QED) is 0.810. The lowest BCUT2D eigenvalue weighted by atomic mass is 10.1. The average Bonchev–Trinajstić information content (AvgIpc) is 2.47. The third-order valence-corrected chi connectivity index (χ3v) is 4.46. The summed E-state index contributed by atoms with van der Waals surface area (Å²) in [6.45, 7) is 6.60. The number of halogens is 1. The van der Waals surface area contributed by atoms with Crippen molar-refractivity contribution in [2.24, 2.45) is 0 Å². The lowest BCUT2D eigenvalue weighted by Gasteiger charge is -2.45. The van der Waals surface area contributed by atoms with Crippen molar-refractivity contribution >= 4 is 21.7 Å². The highest BCUT2D eigenvalue weighted by Gasteiger charge is 2.25. The van der Waals surface area contributed by atoms with Crippen molar-refractivity contribution < 1.29 is 4.79 Å². The standard InChI is InChI=1S/C15H21BrN4O/c16-14-4-2-13(3-5-14)15(21)8-17-9-20-11-18-6-1-7-19(10-18)12-20/h2-5,17H,1,6-12H2. The Bertz CT molecular complexity index is 481. The topological polar surface area (TPSA) is 38.8 Å². The van der Waals surface area contributed by atoms with Gasteiger partial charge in [0.05, 0.1) is 33.2 Å². The molecule has 1 aromatic rings. The summed E-state index contributed by atoms with van der Waals surface area (Å²) < 4.78 is 0.995. The fourth-order valence-corrected chi connectivity index (χ4v) is 3.21. The van der Waals surface area contributed by atoms with Gasteiger partial charge in [0.15, 0.2) is 5.78 Å². The Morgan fingerprint density at radius 3 is 2.43 bits per heavy atom. The Hall–Kier alpha value is -0.790. The molecule has 0 aliphatic carbocycles. The number of fused-ring (bicyclic) bond motifs is 2. The third kappa shape index (κ3) is 4.11. The summed E-state index contributed by atoms with van der Waals surface area (Å²) in [6, 6.07) is 7.52. The molecule has 5 nitrogen and oxygen atoms in total. The van der Waals surface area contributed by atoms with Gasteiger partial charge in [-0.05, 0) is 18.6 Å². The molecule has 0 saturated carbocycles. The van der Waals surface area contributed by atoms with Gasteiger partial charge >= 0.3 is 0 Å². The Morgan fingerprint density at radius 1 is 1.10 bits per heavy atom. The van der Waals surface area contributed by atoms with Crippen LogP contribution in [0.1, 0.15) is 16.8 Å². The molecule has 0 spiro atoms. The zero-order chi connectivity index (χ0) is 14.7. The zero-order valence-electron chi connectivity index (χ0n) is 12.1. The first-order valence-corrected chi connectivity index (χ1v) is 8.16. The molecule has 114 valence electrons. The van der Waals surface area contributed by atoms with E-state index in [1.54, 1.807) is 0 Å². The molecule has 2 atom stereocenters. The van der Waals surface area contributed by atoms with E-state index >= 15 is 0 Å². The van der Waals surface area contributed by atoms with Crippen LogP contribution in [0.25, 0.3) is 0 Å². The number of hydrogen-bond acceptors (Lipinski definition) is 5. The van der Waals surface area contributed by atoms with Gasteiger partial charge in [-0.3, -0.25) is 24.8 Å². The van der Waals surface area contributed by atoms with Gasteiger partial charge in [-0.1, -0.05) is 28.1 Å². The van der Waals surface area contributed by atoms with Crippen LogP contribution in [-0.4, -0.2) is 66.8 Å². The largest absolute Gasteiger partial charge is 0.297 e. The minimum Gasteiger partial charge on any atom is -0.297 e. The molecule has 0 aromatic heterocycles. The number of carbonyl (C=O) groups is 1. The minimum atomic E-state index is 0.139. The lowest BCUT2D eigenvalue weighted by Crippen LogP contribution is -2.59. The van der Waals surface area contributed by atoms with Crippen molar-refractivity contribution in [3.05, 3.63) is 34.3 Å². The minimum absolute atomic E-state index is 0.139. The number of Topliss-reactive ketones (excluding diaryl/α,β-unsaturated/α-hetero) is 1. The van der Waals surface area contributed by atoms with Gasteiger partial charge < -0.3 is 0 Å². The van der Waals surface area contributed by atoms with Crippen molar-refractivity contribution in [3.63, 3.8) is 0 Å². The van der Waals surface area contributed by atoms with E-state index in [2.05, 4.69) is 35.9 Å². The van der Waals surface area contributed by atoms with Crippen molar-refractivity contribution in [1.29, 1.82) is 0 Å². The zero-order valence-corrected chi connectivity index (χ0v) is 13.7. The van der Waals surface area contributed by atoms with E-state index in [4.69, 9.17) is 0 Å². The van der Waals surface area contributed by atoms with Crippen LogP contribution in [0.4, 0.5) is 0 Å². The molecular formula is C15H21BrN4O. The third-order valence-electron chi connectivity index (χ3n) is 3.94. The van der Waals surface area contributed by atoms with E-state index in [9.17, 15) is 4.79 Å². The van der Waals surface area contributed by atoms with Crippen LogP contribution < -0.4 is 5.32 Å². The maximum absolute atomic E-state index is 12.1. The number of rotatable bonds is 5. The van der Waals surface area contributed by atoms with Gasteiger partial charge in [-0.25, -0.2) is 0 Å². The summed E-state index contributed by atoms with van der Waals surface area (Å²) in [5.74, 6) is 0.139. The summed E-state index contributed by atoms with van der Waals surface area (Å²) in [5.41, 5.74) is 0.758. The molecule has 3 rings (SSSR count). The number of hydrogen-bond donors (Lipinski definition) is 1. The Kier molecular flexibility index (Phi) is 5.03. The predicted octanol–water partition coefficient (Wildman–Crippen LogP) is 1.37. The number of benzene rings is 1. The first-order valence-electron chi connectivity index (χ1n) is 7.37. The highest BCUT2D eigenvalue weighted by molar-refractivity contribution is 9.10. The van der Waals surface area contributed by atoms with E-state index in [0.717, 1.165) is 36.7 Å². The summed E-state index contributed by atoms with van der Waals surface area (Å²) in [4.78, 5) is 19.3. The predicted molar refractivity (Wildman–Crippen MR) is 85.8 cm³/mol. The van der Waals surface area contributed by atoms with Crippen molar-refractivity contribution in [1.82, 2.24) is 20.0 Å². The van der Waals surface area contributed by atoms with Gasteiger partial charge in [0.1, 0.15) is 0 Å². The Labute approximate surface area is 134 Å². The molecule has 0 radical (unpaired) electrons. The van der Waals surface area contributed by atoms with Crippen molar-refractivity contribution in [2.45, 2.75) is 6.42 Å². The molecular weight excluding hydrogens is 332 g/mol. The summed E-state index contributed by atoms with van der Waals surface area (Å²) >= 11 is 3.38. The second-order valence-electron chi connectivity index (χ2n) is 5.75. The molecule has 2 heterocycles. The van der Waals surface area contributed by atoms with Crippen molar-refractivity contribution in [2.75, 3.05) is 46.3 Å². The average molecular weight is 353 g/mol. The smallest absolute Gasteiger partial charge is 0.176 e. The van der Waals surface area contributed by atoms with Crippen LogP contribution in [-0.2, 0) is 0 Å². The molecule has 2 aliphatic rings. The number of ketones is 1. The molecule has 2 fully saturated rings. The van der Waals surface area contributed by atoms with Crippen LogP contribution >= 0.6 is 15.9 Å². The van der Waals surface area contributed by atoms with Crippen LogP contribution in [0.3, 0.4) is 0 Å². The molecule has 1 aromatic carbocycles. The maximum Gasteiger partial charge on any atom is 0.176 e. The van der Waals surface area contributed by atoms with Crippen LogP contribution in [0, 0.1) is 0 Å². The molecule has 2 aliphatic heterocycles. The fourth-order valence-electron chi connectivity index (χ4n) is 2.95. The monoisotopic (exact) mass is 352 g/mol. The molecule has 0 amide bonds. The molecule has 1 N–H and O–H groups in total. The summed E-state index contributed by atoms with van der Waals surface area (Å²) in [6.07, 6.45) is 1.27. The van der Waals surface area contributed by atoms with E-state index in [1.165, 1.54) is 19.5 Å². The normalized spacial score (nSPS) is 25.8. The molecule has 2 unspecified atom stereocenters. The van der Waals surface area contributed by atoms with Crippen LogP contribution in [0.15, 0.2) is 28.7 Å². The fraction of sp³-hybridized carbons (Fsp3) is 0.533. The van der Waals surface area contributed by atoms with Gasteiger partial charge in [0.2, 0.25) is 0 Å². The van der Waals surface area contributed by atoms with Crippen LogP contribution in [0.2, 0.25) is 0 Å². The Morgan fingerprint density at radius 2 is 1.76 bits per heavy atom. The number of nitrogens with zero attached hydrogens (tertiary/aromatic N) is 3. The summed E-state index contributed by atoms with van der Waals surface area (Å²) in [7, 11) is 0. The van der Waals surface area contributed by atoms with E-state index in [1.807, 2.05) is 24.3 Å². The lowest BCUT2D eigenvalue weighted by molar-refractivity contribution is -0.0579. The second kappa shape index (κ2) is 6.98. The van der Waals surface area contributed by atoms with Gasteiger partial charge in [0.25, 0.3) is 0 Å². The molecule has 21 heavy (non-hydrogen) atoms. The maximum atomic E-state index is 12.1. The second-order valence-corrected chi connectivity index (χ2v) is 6.67. The first kappa shape index (κ1) is 15.1. The van der Waals surface area contributed by atoms with E-state index in [0.29, 0.717) is 6.54 Å². The molecule has 2 bridgehead atoms. The van der Waals surface area contributed by atoms with Gasteiger partial charge in [-0.15, -0.1) is 0 Å². The molecule has 6 heteroatoms. The number of nitrogens with one attached hydrogen (secondary N) is 1. The van der Waals surface area contributed by atoms with Crippen LogP contribution in [0.5, 0.6) is 0 Å². The van der Waals surface area contributed by atoms with Crippen molar-refractivity contribution in [3.8, 4) is 0 Å². The summed E-state index contributed by atoms with van der Waals surface area (Å²) in [5, 5.41) is 3.27. The SMILES string of the molecule is O=C(CNCN1CN2CCCN(C2)C1)c1ccc(Br)cc1. The first-order chi connectivity index (χ1) is 10.2. The molecule has 2 saturated heterocycles.